The molecule has 0 saturated carbocycles. The van der Waals surface area contributed by atoms with Crippen molar-refractivity contribution in [2.45, 2.75) is 33.1 Å². The van der Waals surface area contributed by atoms with Gasteiger partial charge in [0.2, 0.25) is 0 Å². The van der Waals surface area contributed by atoms with Gasteiger partial charge in [-0.3, -0.25) is 4.79 Å². The molecule has 0 fully saturated rings. The molecule has 2 aliphatic heterocycles. The van der Waals surface area contributed by atoms with E-state index in [-0.39, 0.29) is 18.4 Å². The lowest BCUT2D eigenvalue weighted by Crippen LogP contribution is -2.17. The second-order valence-corrected chi connectivity index (χ2v) is 8.46. The van der Waals surface area contributed by atoms with Crippen molar-refractivity contribution in [1.82, 2.24) is 0 Å². The Balaban J connectivity index is 1.83. The average Bonchev–Trinajstić information content (AvgIpc) is 2.81. The van der Waals surface area contributed by atoms with E-state index in [0.29, 0.717) is 35.2 Å². The summed E-state index contributed by atoms with van der Waals surface area (Å²) in [6, 6.07) is 7.95. The highest BCUT2D eigenvalue weighted by Crippen LogP contribution is 2.48. The van der Waals surface area contributed by atoms with Crippen molar-refractivity contribution >= 4 is 28.0 Å². The fraction of sp³-hybridized carbons (Fsp3) is 0.296. The largest absolute Gasteiger partial charge is 0.493 e. The smallest absolute Gasteiger partial charge is 0.310 e. The monoisotopic (exact) mass is 467 g/mol. The van der Waals surface area contributed by atoms with Crippen LogP contribution in [0.1, 0.15) is 42.0 Å². The SMILES string of the molecule is CCOC(=O)Cc1c(C)cc2c(F)c(C(F)F)ccc2c1-c1ccc2c3c1NCC=C3CCO2. The zero-order chi connectivity index (χ0) is 24.0. The summed E-state index contributed by atoms with van der Waals surface area (Å²) in [5.41, 5.74) is 5.05. The molecule has 0 bridgehead atoms. The first-order valence-corrected chi connectivity index (χ1v) is 11.3. The number of rotatable bonds is 5. The summed E-state index contributed by atoms with van der Waals surface area (Å²) in [6.07, 6.45) is -0.0369. The number of esters is 1. The number of fused-ring (bicyclic) bond motifs is 1. The molecule has 2 aliphatic rings. The minimum absolute atomic E-state index is 0.0150. The van der Waals surface area contributed by atoms with Gasteiger partial charge >= 0.3 is 5.97 Å². The fourth-order valence-electron chi connectivity index (χ4n) is 4.98. The number of aryl methyl sites for hydroxylation is 1. The van der Waals surface area contributed by atoms with Crippen LogP contribution in [0, 0.1) is 12.7 Å². The highest BCUT2D eigenvalue weighted by atomic mass is 19.3. The van der Waals surface area contributed by atoms with E-state index < -0.39 is 23.8 Å². The van der Waals surface area contributed by atoms with Crippen molar-refractivity contribution in [1.29, 1.82) is 0 Å². The molecule has 3 aromatic carbocycles. The number of hydrogen-bond acceptors (Lipinski definition) is 4. The van der Waals surface area contributed by atoms with E-state index in [1.807, 2.05) is 12.1 Å². The number of anilines is 1. The maximum atomic E-state index is 15.2. The summed E-state index contributed by atoms with van der Waals surface area (Å²) in [4.78, 5) is 12.5. The first-order chi connectivity index (χ1) is 16.4. The van der Waals surface area contributed by atoms with Gasteiger partial charge in [-0.25, -0.2) is 13.2 Å². The topological polar surface area (TPSA) is 47.6 Å². The number of ether oxygens (including phenoxy) is 2. The van der Waals surface area contributed by atoms with Gasteiger partial charge in [-0.15, -0.1) is 0 Å². The minimum atomic E-state index is -2.93. The first kappa shape index (κ1) is 22.3. The summed E-state index contributed by atoms with van der Waals surface area (Å²) in [6.45, 7) is 4.96. The second kappa shape index (κ2) is 8.70. The van der Waals surface area contributed by atoms with Gasteiger partial charge in [0, 0.05) is 29.5 Å². The average molecular weight is 467 g/mol. The molecule has 176 valence electrons. The zero-order valence-electron chi connectivity index (χ0n) is 18.9. The van der Waals surface area contributed by atoms with E-state index >= 15 is 4.39 Å². The van der Waals surface area contributed by atoms with Crippen molar-refractivity contribution in [2.75, 3.05) is 25.1 Å². The second-order valence-electron chi connectivity index (χ2n) is 8.46. The van der Waals surface area contributed by atoms with Gasteiger partial charge in [0.05, 0.1) is 30.9 Å². The number of hydrogen-bond donors (Lipinski definition) is 1. The molecule has 0 amide bonds. The number of nitrogens with one attached hydrogen (secondary N) is 1. The fourth-order valence-corrected chi connectivity index (χ4v) is 4.98. The van der Waals surface area contributed by atoms with Gasteiger partial charge in [-0.1, -0.05) is 12.1 Å². The molecule has 0 radical (unpaired) electrons. The third kappa shape index (κ3) is 3.59. The lowest BCUT2D eigenvalue weighted by molar-refractivity contribution is -0.142. The van der Waals surface area contributed by atoms with Gasteiger partial charge < -0.3 is 14.8 Å². The van der Waals surface area contributed by atoms with Crippen LogP contribution in [0.15, 0.2) is 36.4 Å². The molecule has 2 heterocycles. The van der Waals surface area contributed by atoms with Gasteiger partial charge in [-0.2, -0.15) is 0 Å². The van der Waals surface area contributed by atoms with Crippen LogP contribution >= 0.6 is 0 Å². The van der Waals surface area contributed by atoms with Crippen LogP contribution in [-0.2, 0) is 16.0 Å². The lowest BCUT2D eigenvalue weighted by atomic mass is 9.84. The highest BCUT2D eigenvalue weighted by Gasteiger charge is 2.28. The molecule has 4 nitrogen and oxygen atoms in total. The summed E-state index contributed by atoms with van der Waals surface area (Å²) in [5.74, 6) is -0.583. The molecule has 7 heteroatoms. The quantitative estimate of drug-likeness (QED) is 0.430. The van der Waals surface area contributed by atoms with Gasteiger partial charge in [0.1, 0.15) is 11.6 Å². The molecular weight excluding hydrogens is 443 g/mol. The van der Waals surface area contributed by atoms with Crippen molar-refractivity contribution < 1.29 is 27.4 Å². The van der Waals surface area contributed by atoms with E-state index in [1.165, 1.54) is 11.6 Å². The Morgan fingerprint density at radius 2 is 2.00 bits per heavy atom. The zero-order valence-corrected chi connectivity index (χ0v) is 18.9. The summed E-state index contributed by atoms with van der Waals surface area (Å²) < 4.78 is 53.2. The molecule has 0 aromatic heterocycles. The lowest BCUT2D eigenvalue weighted by Gasteiger charge is -2.29. The Bertz CT molecular complexity index is 1350. The first-order valence-electron chi connectivity index (χ1n) is 11.3. The maximum Gasteiger partial charge on any atom is 0.310 e. The number of benzene rings is 3. The number of carbonyl (C=O) groups excluding carboxylic acids is 1. The van der Waals surface area contributed by atoms with Gasteiger partial charge in [0.25, 0.3) is 6.43 Å². The number of carbonyl (C=O) groups is 1. The van der Waals surface area contributed by atoms with Crippen molar-refractivity contribution in [3.63, 3.8) is 0 Å². The van der Waals surface area contributed by atoms with Crippen molar-refractivity contribution in [2.24, 2.45) is 0 Å². The summed E-state index contributed by atoms with van der Waals surface area (Å²) in [5, 5.41) is 3.99. The van der Waals surface area contributed by atoms with Crippen molar-refractivity contribution in [3.8, 4) is 16.9 Å². The van der Waals surface area contributed by atoms with Crippen LogP contribution in [-0.4, -0.2) is 25.7 Å². The van der Waals surface area contributed by atoms with Crippen LogP contribution in [0.25, 0.3) is 27.5 Å². The molecule has 0 unspecified atom stereocenters. The Hall–Kier alpha value is -3.48. The Kier molecular flexibility index (Phi) is 5.71. The molecule has 34 heavy (non-hydrogen) atoms. The number of alkyl halides is 2. The minimum Gasteiger partial charge on any atom is -0.493 e. The summed E-state index contributed by atoms with van der Waals surface area (Å²) >= 11 is 0. The standard InChI is InChI=1S/C27H24F3NO3/c1-3-33-22(32)13-19-14(2)12-20-16(4-5-18(25(20)28)27(29)30)24(19)17-6-7-21-23-15(9-11-34-21)8-10-31-26(17)23/h4-8,12,27,31H,3,9-11,13H2,1-2H3. The van der Waals surface area contributed by atoms with Crippen LogP contribution in [0.2, 0.25) is 0 Å². The van der Waals surface area contributed by atoms with Crippen LogP contribution in [0.3, 0.4) is 0 Å². The van der Waals surface area contributed by atoms with Crippen LogP contribution in [0.4, 0.5) is 18.9 Å². The molecule has 0 spiro atoms. The van der Waals surface area contributed by atoms with Crippen molar-refractivity contribution in [3.05, 3.63) is 64.5 Å². The number of halogens is 3. The van der Waals surface area contributed by atoms with Crippen LogP contribution < -0.4 is 10.1 Å². The van der Waals surface area contributed by atoms with Gasteiger partial charge in [-0.05, 0) is 65.8 Å². The molecule has 3 aromatic rings. The van der Waals surface area contributed by atoms with E-state index in [2.05, 4.69) is 11.4 Å². The van der Waals surface area contributed by atoms with E-state index in [1.54, 1.807) is 19.9 Å². The van der Waals surface area contributed by atoms with Gasteiger partial charge in [0.15, 0.2) is 0 Å². The Morgan fingerprint density at radius 1 is 1.18 bits per heavy atom. The molecule has 1 N–H and O–H groups in total. The van der Waals surface area contributed by atoms with E-state index in [0.717, 1.165) is 35.1 Å². The third-order valence-electron chi connectivity index (χ3n) is 6.49. The molecule has 0 atom stereocenters. The molecule has 0 aliphatic carbocycles. The molecular formula is C27H24F3NO3. The Labute approximate surface area is 195 Å². The normalized spacial score (nSPS) is 14.4. The predicted molar refractivity (Wildman–Crippen MR) is 126 cm³/mol. The maximum absolute atomic E-state index is 15.2. The van der Waals surface area contributed by atoms with E-state index in [9.17, 15) is 13.6 Å². The van der Waals surface area contributed by atoms with E-state index in [4.69, 9.17) is 9.47 Å². The highest BCUT2D eigenvalue weighted by molar-refractivity contribution is 6.06. The molecule has 5 rings (SSSR count). The Morgan fingerprint density at radius 3 is 2.76 bits per heavy atom. The summed E-state index contributed by atoms with van der Waals surface area (Å²) in [7, 11) is 0. The third-order valence-corrected chi connectivity index (χ3v) is 6.49. The van der Waals surface area contributed by atoms with Crippen LogP contribution in [0.5, 0.6) is 5.75 Å². The predicted octanol–water partition coefficient (Wildman–Crippen LogP) is 6.59. The molecule has 0 saturated heterocycles.